The maximum atomic E-state index is 11.7. The third-order valence-corrected chi connectivity index (χ3v) is 5.17. The van der Waals surface area contributed by atoms with Crippen molar-refractivity contribution in [3.8, 4) is 0 Å². The SMILES string of the molecule is COC(=O)C1(C)CCCC1.CON(C)C(=O)C1(C)CCCC1. The van der Waals surface area contributed by atoms with E-state index in [1.807, 2.05) is 13.8 Å². The van der Waals surface area contributed by atoms with Crippen LogP contribution in [0.25, 0.3) is 0 Å². The van der Waals surface area contributed by atoms with Gasteiger partial charge in [0.15, 0.2) is 0 Å². The predicted molar refractivity (Wildman–Crippen MR) is 84.9 cm³/mol. The normalized spacial score (nSPS) is 21.7. The molecular weight excluding hydrogens is 282 g/mol. The van der Waals surface area contributed by atoms with E-state index < -0.39 is 0 Å². The van der Waals surface area contributed by atoms with Crippen molar-refractivity contribution in [2.45, 2.75) is 65.2 Å². The standard InChI is InChI=1S/C9H17NO2.C8H14O2/c1-9(6-4-5-7-9)8(11)10(2)12-3;1-8(7(9)10-2)5-3-4-6-8/h4-7H2,1-3H3;3-6H2,1-2H3. The molecule has 0 atom stereocenters. The van der Waals surface area contributed by atoms with E-state index in [4.69, 9.17) is 9.57 Å². The molecule has 0 saturated heterocycles. The second-order valence-corrected chi connectivity index (χ2v) is 7.01. The first-order valence-electron chi connectivity index (χ1n) is 8.20. The van der Waals surface area contributed by atoms with Gasteiger partial charge in [0.1, 0.15) is 0 Å². The molecule has 2 aliphatic rings. The maximum Gasteiger partial charge on any atom is 0.311 e. The fourth-order valence-electron chi connectivity index (χ4n) is 3.44. The highest BCUT2D eigenvalue weighted by molar-refractivity contribution is 5.81. The molecule has 0 spiro atoms. The number of hydroxylamine groups is 2. The van der Waals surface area contributed by atoms with Gasteiger partial charge in [-0.1, -0.05) is 32.6 Å². The maximum absolute atomic E-state index is 11.7. The van der Waals surface area contributed by atoms with Crippen molar-refractivity contribution >= 4 is 11.9 Å². The highest BCUT2D eigenvalue weighted by Gasteiger charge is 2.38. The Morgan fingerprint density at radius 3 is 1.64 bits per heavy atom. The Morgan fingerprint density at radius 2 is 1.27 bits per heavy atom. The first kappa shape index (κ1) is 18.9. The molecule has 0 bridgehead atoms. The summed E-state index contributed by atoms with van der Waals surface area (Å²) in [6.07, 6.45) is 8.68. The minimum Gasteiger partial charge on any atom is -0.469 e. The van der Waals surface area contributed by atoms with Crippen molar-refractivity contribution in [2.75, 3.05) is 21.3 Å². The average Bonchev–Trinajstić information content (AvgIpc) is 3.16. The first-order valence-corrected chi connectivity index (χ1v) is 8.20. The van der Waals surface area contributed by atoms with Crippen LogP contribution in [0.2, 0.25) is 0 Å². The van der Waals surface area contributed by atoms with Crippen molar-refractivity contribution in [3.63, 3.8) is 0 Å². The van der Waals surface area contributed by atoms with Crippen LogP contribution in [0.4, 0.5) is 0 Å². The van der Waals surface area contributed by atoms with Crippen LogP contribution in [0, 0.1) is 10.8 Å². The van der Waals surface area contributed by atoms with Gasteiger partial charge in [-0.3, -0.25) is 14.4 Å². The smallest absolute Gasteiger partial charge is 0.311 e. The summed E-state index contributed by atoms with van der Waals surface area (Å²) >= 11 is 0. The lowest BCUT2D eigenvalue weighted by atomic mass is 9.88. The summed E-state index contributed by atoms with van der Waals surface area (Å²) in [5.41, 5.74) is -0.320. The number of hydrogen-bond acceptors (Lipinski definition) is 4. The van der Waals surface area contributed by atoms with Gasteiger partial charge in [-0.25, -0.2) is 5.06 Å². The van der Waals surface area contributed by atoms with Crippen molar-refractivity contribution in [3.05, 3.63) is 0 Å². The van der Waals surface area contributed by atoms with Crippen molar-refractivity contribution in [1.29, 1.82) is 0 Å². The molecule has 2 rings (SSSR count). The number of methoxy groups -OCH3 is 1. The summed E-state index contributed by atoms with van der Waals surface area (Å²) in [5, 5.41) is 1.34. The molecular formula is C17H31NO4. The van der Waals surface area contributed by atoms with Crippen LogP contribution in [0.3, 0.4) is 0 Å². The van der Waals surface area contributed by atoms with E-state index in [1.54, 1.807) is 7.05 Å². The lowest BCUT2D eigenvalue weighted by Crippen LogP contribution is -2.37. The largest absolute Gasteiger partial charge is 0.469 e. The van der Waals surface area contributed by atoms with Crippen LogP contribution in [0.5, 0.6) is 0 Å². The summed E-state index contributed by atoms with van der Waals surface area (Å²) in [6.45, 7) is 4.02. The summed E-state index contributed by atoms with van der Waals surface area (Å²) in [7, 11) is 4.66. The summed E-state index contributed by atoms with van der Waals surface area (Å²) < 4.78 is 4.70. The predicted octanol–water partition coefficient (Wildman–Crippen LogP) is 3.33. The lowest BCUT2D eigenvalue weighted by Gasteiger charge is -2.26. The zero-order valence-corrected chi connectivity index (χ0v) is 14.7. The molecule has 0 aromatic heterocycles. The zero-order valence-electron chi connectivity index (χ0n) is 14.7. The molecule has 5 heteroatoms. The number of carbonyl (C=O) groups excluding carboxylic acids is 2. The number of ether oxygens (including phenoxy) is 1. The van der Waals surface area contributed by atoms with Gasteiger partial charge in [0.2, 0.25) is 0 Å². The van der Waals surface area contributed by atoms with Crippen LogP contribution in [0.15, 0.2) is 0 Å². The minimum atomic E-state index is -0.162. The first-order chi connectivity index (χ1) is 10.3. The minimum absolute atomic E-state index is 0.0370. The third kappa shape index (κ3) is 4.45. The molecule has 0 unspecified atom stereocenters. The van der Waals surface area contributed by atoms with Crippen molar-refractivity contribution in [2.24, 2.45) is 10.8 Å². The fourth-order valence-corrected chi connectivity index (χ4v) is 3.44. The van der Waals surface area contributed by atoms with Crippen molar-refractivity contribution < 1.29 is 19.2 Å². The van der Waals surface area contributed by atoms with E-state index in [0.717, 1.165) is 25.7 Å². The van der Waals surface area contributed by atoms with Crippen LogP contribution in [-0.2, 0) is 19.2 Å². The van der Waals surface area contributed by atoms with E-state index in [1.165, 1.54) is 45.0 Å². The molecule has 2 aliphatic carbocycles. The Balaban J connectivity index is 0.000000224. The highest BCUT2D eigenvalue weighted by atomic mass is 16.7. The third-order valence-electron chi connectivity index (χ3n) is 5.17. The van der Waals surface area contributed by atoms with Gasteiger partial charge in [0.05, 0.1) is 19.6 Å². The molecule has 2 saturated carbocycles. The molecule has 0 aromatic rings. The summed E-state index contributed by atoms with van der Waals surface area (Å²) in [6, 6.07) is 0. The monoisotopic (exact) mass is 313 g/mol. The van der Waals surface area contributed by atoms with Gasteiger partial charge in [0, 0.05) is 12.5 Å². The Morgan fingerprint density at radius 1 is 0.864 bits per heavy atom. The van der Waals surface area contributed by atoms with E-state index in [0.29, 0.717) is 0 Å². The topological polar surface area (TPSA) is 55.8 Å². The fraction of sp³-hybridized carbons (Fsp3) is 0.882. The summed E-state index contributed by atoms with van der Waals surface area (Å²) in [4.78, 5) is 27.7. The number of carbonyl (C=O) groups is 2. The highest BCUT2D eigenvalue weighted by Crippen LogP contribution is 2.39. The van der Waals surface area contributed by atoms with E-state index in [2.05, 4.69) is 0 Å². The number of nitrogens with zero attached hydrogens (tertiary/aromatic N) is 1. The number of amides is 1. The molecule has 22 heavy (non-hydrogen) atoms. The van der Waals surface area contributed by atoms with Crippen molar-refractivity contribution in [1.82, 2.24) is 5.06 Å². The molecule has 0 heterocycles. The van der Waals surface area contributed by atoms with E-state index in [-0.39, 0.29) is 22.7 Å². The molecule has 2 fully saturated rings. The summed E-state index contributed by atoms with van der Waals surface area (Å²) in [5.74, 6) is 0.0764. The van der Waals surface area contributed by atoms with Gasteiger partial charge in [-0.15, -0.1) is 0 Å². The van der Waals surface area contributed by atoms with Crippen LogP contribution in [-0.4, -0.2) is 38.2 Å². The Kier molecular flexibility index (Phi) is 6.85. The zero-order chi connectivity index (χ0) is 16.8. The van der Waals surface area contributed by atoms with Gasteiger partial charge in [-0.2, -0.15) is 0 Å². The Bertz CT molecular complexity index is 382. The molecule has 0 aliphatic heterocycles. The quantitative estimate of drug-likeness (QED) is 0.592. The Hall–Kier alpha value is -1.10. The number of hydrogen-bond donors (Lipinski definition) is 0. The molecule has 5 nitrogen and oxygen atoms in total. The van der Waals surface area contributed by atoms with Gasteiger partial charge >= 0.3 is 5.97 Å². The molecule has 1 amide bonds. The molecule has 0 aromatic carbocycles. The van der Waals surface area contributed by atoms with Crippen LogP contribution >= 0.6 is 0 Å². The number of esters is 1. The van der Waals surface area contributed by atoms with Gasteiger partial charge in [0.25, 0.3) is 5.91 Å². The second kappa shape index (κ2) is 7.95. The average molecular weight is 313 g/mol. The van der Waals surface area contributed by atoms with E-state index >= 15 is 0 Å². The molecule has 128 valence electrons. The van der Waals surface area contributed by atoms with E-state index in [9.17, 15) is 9.59 Å². The second-order valence-electron chi connectivity index (χ2n) is 7.01. The molecule has 0 N–H and O–H groups in total. The van der Waals surface area contributed by atoms with Gasteiger partial charge in [-0.05, 0) is 32.6 Å². The number of rotatable bonds is 3. The van der Waals surface area contributed by atoms with Crippen LogP contribution in [0.1, 0.15) is 65.2 Å². The molecule has 0 radical (unpaired) electrons. The lowest BCUT2D eigenvalue weighted by molar-refractivity contribution is -0.179. The van der Waals surface area contributed by atoms with Crippen LogP contribution < -0.4 is 0 Å². The van der Waals surface area contributed by atoms with Gasteiger partial charge < -0.3 is 4.74 Å². The Labute approximate surface area is 134 Å².